The van der Waals surface area contributed by atoms with Gasteiger partial charge in [0.25, 0.3) is 0 Å². The minimum atomic E-state index is -0.419. The first-order chi connectivity index (χ1) is 7.37. The summed E-state index contributed by atoms with van der Waals surface area (Å²) in [6.45, 7) is 9.34. The van der Waals surface area contributed by atoms with Crippen LogP contribution in [0, 0.1) is 5.92 Å². The molecule has 0 aromatic rings. The lowest BCUT2D eigenvalue weighted by atomic mass is 10.0. The largest absolute Gasteiger partial charge is 0.444 e. The molecule has 2 unspecified atom stereocenters. The van der Waals surface area contributed by atoms with Crippen molar-refractivity contribution in [3.63, 3.8) is 0 Å². The molecule has 0 bridgehead atoms. The average molecular weight is 229 g/mol. The van der Waals surface area contributed by atoms with Gasteiger partial charge in [0.15, 0.2) is 0 Å². The quantitative estimate of drug-likeness (QED) is 0.736. The van der Waals surface area contributed by atoms with E-state index < -0.39 is 5.60 Å². The van der Waals surface area contributed by atoms with Crippen LogP contribution in [0.15, 0.2) is 0 Å². The van der Waals surface area contributed by atoms with Gasteiger partial charge in [-0.1, -0.05) is 6.92 Å². The Hall–Kier alpha value is -0.770. The van der Waals surface area contributed by atoms with Gasteiger partial charge >= 0.3 is 6.09 Å². The maximum atomic E-state index is 11.3. The van der Waals surface area contributed by atoms with Gasteiger partial charge in [-0.15, -0.1) is 0 Å². The Balaban J connectivity index is 2.02. The molecular formula is C12H23NO3. The molecule has 1 rings (SSSR count). The van der Waals surface area contributed by atoms with Crippen molar-refractivity contribution in [2.75, 3.05) is 13.2 Å². The number of carbonyl (C=O) groups is 1. The van der Waals surface area contributed by atoms with E-state index in [9.17, 15) is 4.79 Å². The molecule has 1 N–H and O–H groups in total. The van der Waals surface area contributed by atoms with Crippen molar-refractivity contribution in [1.82, 2.24) is 5.32 Å². The molecule has 1 aliphatic rings. The predicted molar refractivity (Wildman–Crippen MR) is 62.4 cm³/mol. The van der Waals surface area contributed by atoms with Crippen LogP contribution < -0.4 is 5.32 Å². The molecule has 1 aliphatic heterocycles. The van der Waals surface area contributed by atoms with Crippen molar-refractivity contribution < 1.29 is 14.3 Å². The van der Waals surface area contributed by atoms with Crippen molar-refractivity contribution >= 4 is 6.09 Å². The summed E-state index contributed by atoms with van der Waals surface area (Å²) in [6, 6.07) is 0. The van der Waals surface area contributed by atoms with Gasteiger partial charge in [-0.2, -0.15) is 0 Å². The van der Waals surface area contributed by atoms with Gasteiger partial charge in [-0.3, -0.25) is 0 Å². The number of hydrogen-bond acceptors (Lipinski definition) is 3. The van der Waals surface area contributed by atoms with Crippen molar-refractivity contribution in [3.05, 3.63) is 0 Å². The molecule has 4 heteroatoms. The fraction of sp³-hybridized carbons (Fsp3) is 0.917. The van der Waals surface area contributed by atoms with Gasteiger partial charge in [-0.25, -0.2) is 4.79 Å². The summed E-state index contributed by atoms with van der Waals surface area (Å²) in [5.74, 6) is 0.586. The van der Waals surface area contributed by atoms with Crippen molar-refractivity contribution in [3.8, 4) is 0 Å². The molecule has 0 aromatic carbocycles. The molecule has 16 heavy (non-hydrogen) atoms. The van der Waals surface area contributed by atoms with E-state index in [-0.39, 0.29) is 6.09 Å². The fourth-order valence-corrected chi connectivity index (χ4v) is 1.51. The van der Waals surface area contributed by atoms with Crippen LogP contribution in [0.4, 0.5) is 4.79 Å². The number of alkyl carbamates (subject to hydrolysis) is 1. The molecule has 1 saturated heterocycles. The lowest BCUT2D eigenvalue weighted by molar-refractivity contribution is 0.0525. The molecule has 94 valence electrons. The van der Waals surface area contributed by atoms with Gasteiger partial charge in [-0.05, 0) is 39.5 Å². The molecule has 1 amide bonds. The minimum Gasteiger partial charge on any atom is -0.444 e. The summed E-state index contributed by atoms with van der Waals surface area (Å²) in [7, 11) is 0. The Bertz CT molecular complexity index is 231. The summed E-state index contributed by atoms with van der Waals surface area (Å²) in [4.78, 5) is 11.3. The maximum absolute atomic E-state index is 11.3. The summed E-state index contributed by atoms with van der Waals surface area (Å²) in [6.07, 6.45) is 2.20. The Morgan fingerprint density at radius 1 is 1.56 bits per heavy atom. The predicted octanol–water partition coefficient (Wildman–Crippen LogP) is 2.33. The Morgan fingerprint density at radius 3 is 2.69 bits per heavy atom. The van der Waals surface area contributed by atoms with Crippen LogP contribution in [-0.4, -0.2) is 30.9 Å². The van der Waals surface area contributed by atoms with Crippen molar-refractivity contribution in [2.45, 2.75) is 52.2 Å². The number of rotatable bonds is 5. The second-order valence-corrected chi connectivity index (χ2v) is 5.51. The van der Waals surface area contributed by atoms with E-state index in [1.54, 1.807) is 0 Å². The van der Waals surface area contributed by atoms with E-state index in [2.05, 4.69) is 12.2 Å². The molecule has 1 heterocycles. The van der Waals surface area contributed by atoms with E-state index in [1.807, 2.05) is 20.8 Å². The molecule has 0 spiro atoms. The molecule has 2 atom stereocenters. The first-order valence-corrected chi connectivity index (χ1v) is 5.95. The molecule has 0 saturated carbocycles. The third kappa shape index (κ3) is 6.67. The summed E-state index contributed by atoms with van der Waals surface area (Å²) in [5.41, 5.74) is -0.419. The highest BCUT2D eigenvalue weighted by molar-refractivity contribution is 5.67. The zero-order chi connectivity index (χ0) is 12.2. The number of hydrogen-bond donors (Lipinski definition) is 1. The van der Waals surface area contributed by atoms with Crippen LogP contribution in [0.1, 0.15) is 40.5 Å². The van der Waals surface area contributed by atoms with Crippen LogP contribution in [-0.2, 0) is 9.47 Å². The topological polar surface area (TPSA) is 50.9 Å². The zero-order valence-electron chi connectivity index (χ0n) is 10.7. The van der Waals surface area contributed by atoms with Gasteiger partial charge in [0.1, 0.15) is 5.60 Å². The van der Waals surface area contributed by atoms with Gasteiger partial charge < -0.3 is 14.8 Å². The molecule has 1 fully saturated rings. The highest BCUT2D eigenvalue weighted by atomic mass is 16.6. The van der Waals surface area contributed by atoms with Crippen LogP contribution in [0.5, 0.6) is 0 Å². The minimum absolute atomic E-state index is 0.331. The van der Waals surface area contributed by atoms with Crippen LogP contribution in [0.3, 0.4) is 0 Å². The number of carbonyl (C=O) groups excluding carboxylic acids is 1. The smallest absolute Gasteiger partial charge is 0.407 e. The third-order valence-electron chi connectivity index (χ3n) is 2.37. The van der Waals surface area contributed by atoms with E-state index in [1.165, 1.54) is 0 Å². The molecule has 0 aliphatic carbocycles. The first kappa shape index (κ1) is 13.3. The second kappa shape index (κ2) is 5.53. The van der Waals surface area contributed by atoms with Crippen LogP contribution >= 0.6 is 0 Å². The fourth-order valence-electron chi connectivity index (χ4n) is 1.51. The van der Waals surface area contributed by atoms with E-state index in [0.29, 0.717) is 18.6 Å². The van der Waals surface area contributed by atoms with E-state index in [0.717, 1.165) is 19.4 Å². The lowest BCUT2D eigenvalue weighted by Crippen LogP contribution is -2.33. The SMILES string of the molecule is CC(CCNC(=O)OC(C)(C)C)CC1CO1. The summed E-state index contributed by atoms with van der Waals surface area (Å²) in [5, 5.41) is 2.76. The lowest BCUT2D eigenvalue weighted by Gasteiger charge is -2.20. The highest BCUT2D eigenvalue weighted by Crippen LogP contribution is 2.20. The molecule has 0 radical (unpaired) electrons. The van der Waals surface area contributed by atoms with Gasteiger partial charge in [0.05, 0.1) is 12.7 Å². The number of nitrogens with one attached hydrogen (secondary N) is 1. The van der Waals surface area contributed by atoms with Crippen molar-refractivity contribution in [2.24, 2.45) is 5.92 Å². The monoisotopic (exact) mass is 229 g/mol. The molecule has 4 nitrogen and oxygen atoms in total. The zero-order valence-corrected chi connectivity index (χ0v) is 10.7. The third-order valence-corrected chi connectivity index (χ3v) is 2.37. The van der Waals surface area contributed by atoms with E-state index in [4.69, 9.17) is 9.47 Å². The summed E-state index contributed by atoms with van der Waals surface area (Å²) < 4.78 is 10.3. The Morgan fingerprint density at radius 2 is 2.19 bits per heavy atom. The first-order valence-electron chi connectivity index (χ1n) is 5.95. The number of amides is 1. The molecular weight excluding hydrogens is 206 g/mol. The van der Waals surface area contributed by atoms with E-state index >= 15 is 0 Å². The normalized spacial score (nSPS) is 21.4. The second-order valence-electron chi connectivity index (χ2n) is 5.51. The summed E-state index contributed by atoms with van der Waals surface area (Å²) >= 11 is 0. The Labute approximate surface area is 97.7 Å². The van der Waals surface area contributed by atoms with Crippen molar-refractivity contribution in [1.29, 1.82) is 0 Å². The number of epoxide rings is 1. The number of ether oxygens (including phenoxy) is 2. The standard InChI is InChI=1S/C12H23NO3/c1-9(7-10-8-15-10)5-6-13-11(14)16-12(2,3)4/h9-10H,5-8H2,1-4H3,(H,13,14). The van der Waals surface area contributed by atoms with Crippen LogP contribution in [0.25, 0.3) is 0 Å². The average Bonchev–Trinajstić information content (AvgIpc) is 2.84. The Kier molecular flexibility index (Phi) is 4.59. The molecule has 0 aromatic heterocycles. The van der Waals surface area contributed by atoms with Crippen LogP contribution in [0.2, 0.25) is 0 Å². The van der Waals surface area contributed by atoms with Gasteiger partial charge in [0.2, 0.25) is 0 Å². The highest BCUT2D eigenvalue weighted by Gasteiger charge is 2.24. The van der Waals surface area contributed by atoms with Gasteiger partial charge in [0, 0.05) is 6.54 Å². The maximum Gasteiger partial charge on any atom is 0.407 e.